The van der Waals surface area contributed by atoms with Crippen LogP contribution < -0.4 is 5.73 Å². The third-order valence-corrected chi connectivity index (χ3v) is 2.95. The Morgan fingerprint density at radius 1 is 1.45 bits per heavy atom. The smallest absolute Gasteiger partial charge is 0.251 e. The van der Waals surface area contributed by atoms with Crippen LogP contribution in [0.15, 0.2) is 23.4 Å². The molecule has 0 aromatic heterocycles. The zero-order chi connectivity index (χ0) is 15.1. The lowest BCUT2D eigenvalue weighted by Gasteiger charge is -2.22. The molecule has 0 saturated heterocycles. The highest BCUT2D eigenvalue weighted by molar-refractivity contribution is 5.97. The molecule has 0 unspecified atom stereocenters. The monoisotopic (exact) mass is 287 g/mol. The number of aliphatic hydroxyl groups excluding tert-OH is 1. The molecule has 0 aliphatic heterocycles. The van der Waals surface area contributed by atoms with Crippen molar-refractivity contribution in [3.63, 3.8) is 0 Å². The Labute approximate surface area is 116 Å². The largest absolute Gasteiger partial charge is 0.409 e. The molecule has 0 spiro atoms. The molecular weight excluding hydrogens is 268 g/mol. The van der Waals surface area contributed by atoms with Crippen LogP contribution in [0.2, 0.25) is 0 Å². The number of halogens is 2. The first-order valence-electron chi connectivity index (χ1n) is 6.16. The molecule has 0 aliphatic carbocycles. The van der Waals surface area contributed by atoms with Gasteiger partial charge in [0.15, 0.2) is 5.84 Å². The molecular formula is C13H19F2N3O2. The number of rotatable bonds is 7. The Morgan fingerprint density at radius 3 is 2.65 bits per heavy atom. The third-order valence-electron chi connectivity index (χ3n) is 2.95. The number of oxime groups is 1. The van der Waals surface area contributed by atoms with Crippen molar-refractivity contribution in [2.24, 2.45) is 10.9 Å². The van der Waals surface area contributed by atoms with Crippen LogP contribution in [0, 0.1) is 6.92 Å². The van der Waals surface area contributed by atoms with Crippen LogP contribution in [0.3, 0.4) is 0 Å². The van der Waals surface area contributed by atoms with Gasteiger partial charge in [0.2, 0.25) is 0 Å². The molecule has 0 bridgehead atoms. The van der Waals surface area contributed by atoms with Crippen molar-refractivity contribution in [1.29, 1.82) is 0 Å². The number of alkyl halides is 2. The topological polar surface area (TPSA) is 82.1 Å². The number of aryl methyl sites for hydroxylation is 1. The van der Waals surface area contributed by atoms with E-state index in [0.717, 1.165) is 11.1 Å². The van der Waals surface area contributed by atoms with E-state index in [-0.39, 0.29) is 25.5 Å². The van der Waals surface area contributed by atoms with Gasteiger partial charge in [0, 0.05) is 18.7 Å². The van der Waals surface area contributed by atoms with Crippen LogP contribution in [-0.2, 0) is 6.54 Å². The maximum Gasteiger partial charge on any atom is 0.251 e. The van der Waals surface area contributed by atoms with Gasteiger partial charge >= 0.3 is 0 Å². The van der Waals surface area contributed by atoms with E-state index in [2.05, 4.69) is 5.16 Å². The van der Waals surface area contributed by atoms with Gasteiger partial charge in [-0.15, -0.1) is 0 Å². The molecule has 0 heterocycles. The van der Waals surface area contributed by atoms with E-state index in [1.165, 1.54) is 4.90 Å². The fraction of sp³-hybridized carbons (Fsp3) is 0.462. The molecule has 1 rings (SSSR count). The van der Waals surface area contributed by atoms with E-state index in [1.54, 1.807) is 18.2 Å². The molecule has 1 aromatic rings. The molecule has 20 heavy (non-hydrogen) atoms. The zero-order valence-electron chi connectivity index (χ0n) is 11.3. The highest BCUT2D eigenvalue weighted by Crippen LogP contribution is 2.14. The second kappa shape index (κ2) is 7.76. The molecule has 0 radical (unpaired) electrons. The van der Waals surface area contributed by atoms with Crippen molar-refractivity contribution in [2.75, 3.05) is 19.7 Å². The normalized spacial score (nSPS) is 12.4. The number of hydrogen-bond acceptors (Lipinski definition) is 4. The maximum atomic E-state index is 12.4. The van der Waals surface area contributed by atoms with Crippen molar-refractivity contribution >= 4 is 5.84 Å². The lowest BCUT2D eigenvalue weighted by molar-refractivity contribution is 0.0745. The van der Waals surface area contributed by atoms with Crippen LogP contribution >= 0.6 is 0 Å². The molecule has 0 aliphatic rings. The third kappa shape index (κ3) is 4.75. The average molecular weight is 287 g/mol. The second-order valence-corrected chi connectivity index (χ2v) is 4.48. The van der Waals surface area contributed by atoms with Gasteiger partial charge in [-0.3, -0.25) is 4.90 Å². The van der Waals surface area contributed by atoms with Crippen molar-refractivity contribution in [1.82, 2.24) is 4.90 Å². The summed E-state index contributed by atoms with van der Waals surface area (Å²) in [6, 6.07) is 5.14. The highest BCUT2D eigenvalue weighted by Gasteiger charge is 2.13. The fourth-order valence-corrected chi connectivity index (χ4v) is 1.90. The average Bonchev–Trinajstić information content (AvgIpc) is 2.39. The first kappa shape index (κ1) is 16.3. The Bertz CT molecular complexity index is 467. The van der Waals surface area contributed by atoms with E-state index in [4.69, 9.17) is 16.0 Å². The first-order chi connectivity index (χ1) is 9.47. The van der Waals surface area contributed by atoms with E-state index >= 15 is 0 Å². The molecule has 7 heteroatoms. The lowest BCUT2D eigenvalue weighted by Crippen LogP contribution is -2.31. The summed E-state index contributed by atoms with van der Waals surface area (Å²) in [5, 5.41) is 20.4. The fourth-order valence-electron chi connectivity index (χ4n) is 1.90. The van der Waals surface area contributed by atoms with E-state index in [1.807, 2.05) is 6.92 Å². The maximum absolute atomic E-state index is 12.4. The van der Waals surface area contributed by atoms with Crippen molar-refractivity contribution in [3.8, 4) is 0 Å². The molecule has 4 N–H and O–H groups in total. The van der Waals surface area contributed by atoms with Gasteiger partial charge in [-0.25, -0.2) is 8.78 Å². The quantitative estimate of drug-likeness (QED) is 0.304. The Hall–Kier alpha value is -1.73. The second-order valence-electron chi connectivity index (χ2n) is 4.48. The lowest BCUT2D eigenvalue weighted by atomic mass is 10.0. The van der Waals surface area contributed by atoms with Gasteiger partial charge in [-0.05, 0) is 24.1 Å². The van der Waals surface area contributed by atoms with Crippen molar-refractivity contribution < 1.29 is 19.1 Å². The molecule has 0 fully saturated rings. The summed E-state index contributed by atoms with van der Waals surface area (Å²) in [7, 11) is 0. The van der Waals surface area contributed by atoms with Gasteiger partial charge in [0.05, 0.1) is 13.2 Å². The van der Waals surface area contributed by atoms with E-state index in [9.17, 15) is 8.78 Å². The molecule has 0 saturated carbocycles. The summed E-state index contributed by atoms with van der Waals surface area (Å²) in [6.45, 7) is 1.76. The summed E-state index contributed by atoms with van der Waals surface area (Å²) in [5.41, 5.74) is 7.76. The molecule has 5 nitrogen and oxygen atoms in total. The number of amidine groups is 1. The summed E-state index contributed by atoms with van der Waals surface area (Å²) < 4.78 is 24.9. The summed E-state index contributed by atoms with van der Waals surface area (Å²) >= 11 is 0. The summed E-state index contributed by atoms with van der Waals surface area (Å²) in [5.74, 6) is -0.000514. The zero-order valence-corrected chi connectivity index (χ0v) is 11.3. The van der Waals surface area contributed by atoms with Crippen LogP contribution in [0.25, 0.3) is 0 Å². The summed E-state index contributed by atoms with van der Waals surface area (Å²) in [4.78, 5) is 1.48. The number of nitrogens with zero attached hydrogens (tertiary/aromatic N) is 2. The van der Waals surface area contributed by atoms with Crippen LogP contribution in [0.5, 0.6) is 0 Å². The summed E-state index contributed by atoms with van der Waals surface area (Å²) in [6.07, 6.45) is -2.45. The SMILES string of the molecule is Cc1cc(/C(N)=N/O)ccc1CN(CCO)CC(F)F. The van der Waals surface area contributed by atoms with E-state index < -0.39 is 6.43 Å². The number of aliphatic hydroxyl groups is 1. The predicted molar refractivity (Wildman–Crippen MR) is 72.1 cm³/mol. The molecule has 0 amide bonds. The van der Waals surface area contributed by atoms with Crippen LogP contribution in [0.4, 0.5) is 8.78 Å². The van der Waals surface area contributed by atoms with Gasteiger partial charge < -0.3 is 16.0 Å². The van der Waals surface area contributed by atoms with Gasteiger partial charge in [-0.1, -0.05) is 17.3 Å². The van der Waals surface area contributed by atoms with Crippen LogP contribution in [0.1, 0.15) is 16.7 Å². The minimum atomic E-state index is -2.45. The standard InChI is InChI=1S/C13H19F2N3O2/c1-9-6-10(13(16)17-20)2-3-11(9)7-18(4-5-19)8-12(14)15/h2-3,6,12,19-20H,4-5,7-8H2,1H3,(H2,16,17). The minimum Gasteiger partial charge on any atom is -0.409 e. The Balaban J connectivity index is 2.85. The van der Waals surface area contributed by atoms with Gasteiger partial charge in [0.1, 0.15) is 0 Å². The Morgan fingerprint density at radius 2 is 2.15 bits per heavy atom. The van der Waals surface area contributed by atoms with Gasteiger partial charge in [0.25, 0.3) is 6.43 Å². The minimum absolute atomic E-state index is 0.000514. The highest BCUT2D eigenvalue weighted by atomic mass is 19.3. The van der Waals surface area contributed by atoms with Gasteiger partial charge in [-0.2, -0.15) is 0 Å². The van der Waals surface area contributed by atoms with Crippen molar-refractivity contribution in [2.45, 2.75) is 19.9 Å². The number of nitrogens with two attached hydrogens (primary N) is 1. The number of hydrogen-bond donors (Lipinski definition) is 3. The molecule has 0 atom stereocenters. The predicted octanol–water partition coefficient (Wildman–Crippen LogP) is 1.15. The Kier molecular flexibility index (Phi) is 6.33. The number of benzene rings is 1. The van der Waals surface area contributed by atoms with Crippen molar-refractivity contribution in [3.05, 3.63) is 34.9 Å². The van der Waals surface area contributed by atoms with E-state index in [0.29, 0.717) is 12.1 Å². The van der Waals surface area contributed by atoms with Crippen LogP contribution in [-0.4, -0.2) is 47.2 Å². The first-order valence-corrected chi connectivity index (χ1v) is 6.16. The molecule has 1 aromatic carbocycles. The molecule has 112 valence electrons.